The molecular weight excluding hydrogens is 292 g/mol. The molecule has 0 aliphatic heterocycles. The first-order valence-corrected chi connectivity index (χ1v) is 7.46. The van der Waals surface area contributed by atoms with E-state index in [1.165, 1.54) is 0 Å². The lowest BCUT2D eigenvalue weighted by Gasteiger charge is -2.21. The molecule has 0 saturated heterocycles. The van der Waals surface area contributed by atoms with Gasteiger partial charge in [0.25, 0.3) is 0 Å². The molecule has 0 N–H and O–H groups in total. The van der Waals surface area contributed by atoms with Crippen molar-refractivity contribution in [3.8, 4) is 11.6 Å². The van der Waals surface area contributed by atoms with Gasteiger partial charge in [-0.3, -0.25) is 4.79 Å². The molecule has 1 aromatic carbocycles. The fraction of sp³-hybridized carbons (Fsp3) is 0.333. The maximum atomic E-state index is 12.6. The number of hydrogen-bond acceptors (Lipinski definition) is 4. The van der Waals surface area contributed by atoms with E-state index in [-0.39, 0.29) is 11.8 Å². The highest BCUT2D eigenvalue weighted by Gasteiger charge is 2.19. The second kappa shape index (κ2) is 7.63. The van der Waals surface area contributed by atoms with Crippen LogP contribution in [0.3, 0.4) is 0 Å². The molecule has 0 unspecified atom stereocenters. The maximum absolute atomic E-state index is 12.6. The SMILES string of the molecule is COc1cccc([C@@H](C)CC(=O)N(C)c2cccnc2OC)c1. The van der Waals surface area contributed by atoms with Crippen molar-refractivity contribution in [2.75, 3.05) is 26.2 Å². The van der Waals surface area contributed by atoms with E-state index >= 15 is 0 Å². The molecule has 0 bridgehead atoms. The minimum absolute atomic E-state index is 0.00613. The number of amides is 1. The highest BCUT2D eigenvalue weighted by atomic mass is 16.5. The number of hydrogen-bond donors (Lipinski definition) is 0. The minimum atomic E-state index is 0.00613. The van der Waals surface area contributed by atoms with E-state index < -0.39 is 0 Å². The van der Waals surface area contributed by atoms with Crippen LogP contribution in [-0.2, 0) is 4.79 Å². The van der Waals surface area contributed by atoms with Crippen molar-refractivity contribution in [1.82, 2.24) is 4.98 Å². The number of pyridine rings is 1. The molecule has 1 heterocycles. The summed E-state index contributed by atoms with van der Waals surface area (Å²) in [6.45, 7) is 2.03. The summed E-state index contributed by atoms with van der Waals surface area (Å²) in [5.41, 5.74) is 1.74. The Kier molecular flexibility index (Phi) is 5.57. The lowest BCUT2D eigenvalue weighted by Crippen LogP contribution is -2.27. The molecule has 1 atom stereocenters. The predicted molar refractivity (Wildman–Crippen MR) is 90.2 cm³/mol. The summed E-state index contributed by atoms with van der Waals surface area (Å²) in [5.74, 6) is 1.33. The third-order valence-corrected chi connectivity index (χ3v) is 3.82. The Morgan fingerprint density at radius 1 is 1.22 bits per heavy atom. The van der Waals surface area contributed by atoms with Gasteiger partial charge in [0.2, 0.25) is 11.8 Å². The molecular formula is C18H22N2O3. The standard InChI is InChI=1S/C18H22N2O3/c1-13(14-7-5-8-15(12-14)22-3)11-17(21)20(2)16-9-6-10-19-18(16)23-4/h5-10,12-13H,11H2,1-4H3/t13-/m0/s1. The van der Waals surface area contributed by atoms with Crippen LogP contribution in [0.2, 0.25) is 0 Å². The van der Waals surface area contributed by atoms with E-state index in [1.807, 2.05) is 37.3 Å². The maximum Gasteiger partial charge on any atom is 0.237 e. The lowest BCUT2D eigenvalue weighted by atomic mass is 9.97. The van der Waals surface area contributed by atoms with Gasteiger partial charge in [-0.1, -0.05) is 19.1 Å². The van der Waals surface area contributed by atoms with Crippen LogP contribution in [0.4, 0.5) is 5.69 Å². The topological polar surface area (TPSA) is 51.7 Å². The van der Waals surface area contributed by atoms with E-state index in [1.54, 1.807) is 38.4 Å². The first kappa shape index (κ1) is 16.8. The molecule has 1 aromatic heterocycles. The highest BCUT2D eigenvalue weighted by Crippen LogP contribution is 2.28. The van der Waals surface area contributed by atoms with Gasteiger partial charge in [0.15, 0.2) is 0 Å². The van der Waals surface area contributed by atoms with Gasteiger partial charge >= 0.3 is 0 Å². The zero-order chi connectivity index (χ0) is 16.8. The molecule has 2 rings (SSSR count). The fourth-order valence-corrected chi connectivity index (χ4v) is 2.39. The normalized spacial score (nSPS) is 11.7. The number of aromatic nitrogens is 1. The average Bonchev–Trinajstić information content (AvgIpc) is 2.60. The Morgan fingerprint density at radius 2 is 2.00 bits per heavy atom. The fourth-order valence-electron chi connectivity index (χ4n) is 2.39. The smallest absolute Gasteiger partial charge is 0.237 e. The van der Waals surface area contributed by atoms with Crippen molar-refractivity contribution in [1.29, 1.82) is 0 Å². The van der Waals surface area contributed by atoms with Gasteiger partial charge in [-0.25, -0.2) is 4.98 Å². The van der Waals surface area contributed by atoms with E-state index in [0.29, 0.717) is 18.0 Å². The molecule has 23 heavy (non-hydrogen) atoms. The van der Waals surface area contributed by atoms with Gasteiger partial charge in [-0.15, -0.1) is 0 Å². The molecule has 5 heteroatoms. The van der Waals surface area contributed by atoms with Crippen LogP contribution < -0.4 is 14.4 Å². The summed E-state index contributed by atoms with van der Waals surface area (Å²) in [6.07, 6.45) is 2.03. The number of anilines is 1. The number of carbonyl (C=O) groups is 1. The van der Waals surface area contributed by atoms with Crippen LogP contribution in [0.15, 0.2) is 42.6 Å². The number of carbonyl (C=O) groups excluding carboxylic acids is 1. The molecule has 0 saturated carbocycles. The van der Waals surface area contributed by atoms with Crippen molar-refractivity contribution >= 4 is 11.6 Å². The van der Waals surface area contributed by atoms with Crippen LogP contribution in [0.25, 0.3) is 0 Å². The quantitative estimate of drug-likeness (QED) is 0.821. The zero-order valence-electron chi connectivity index (χ0n) is 13.9. The Balaban J connectivity index is 2.11. The Hall–Kier alpha value is -2.56. The molecule has 0 aliphatic carbocycles. The molecule has 0 fully saturated rings. The first-order chi connectivity index (χ1) is 11.1. The van der Waals surface area contributed by atoms with Crippen LogP contribution in [0.5, 0.6) is 11.6 Å². The molecule has 0 aliphatic rings. The number of benzene rings is 1. The minimum Gasteiger partial charge on any atom is -0.497 e. The van der Waals surface area contributed by atoms with Crippen LogP contribution in [-0.4, -0.2) is 32.2 Å². The van der Waals surface area contributed by atoms with Gasteiger partial charge in [0.05, 0.1) is 14.2 Å². The van der Waals surface area contributed by atoms with Gasteiger partial charge in [0, 0.05) is 19.7 Å². The number of methoxy groups -OCH3 is 2. The summed E-state index contributed by atoms with van der Waals surface area (Å²) < 4.78 is 10.5. The molecule has 122 valence electrons. The third kappa shape index (κ3) is 4.00. The van der Waals surface area contributed by atoms with Crippen molar-refractivity contribution in [3.63, 3.8) is 0 Å². The van der Waals surface area contributed by atoms with Crippen LogP contribution >= 0.6 is 0 Å². The summed E-state index contributed by atoms with van der Waals surface area (Å²) in [5, 5.41) is 0. The predicted octanol–water partition coefficient (Wildman–Crippen LogP) is 3.26. The Morgan fingerprint density at radius 3 is 2.70 bits per heavy atom. The Labute approximate surface area is 136 Å². The van der Waals surface area contributed by atoms with Gasteiger partial charge in [0.1, 0.15) is 11.4 Å². The van der Waals surface area contributed by atoms with Crippen molar-refractivity contribution in [3.05, 3.63) is 48.2 Å². The van der Waals surface area contributed by atoms with E-state index in [9.17, 15) is 4.79 Å². The number of nitrogens with zero attached hydrogens (tertiary/aromatic N) is 2. The largest absolute Gasteiger partial charge is 0.497 e. The molecule has 0 spiro atoms. The van der Waals surface area contributed by atoms with E-state index in [0.717, 1.165) is 11.3 Å². The van der Waals surface area contributed by atoms with Crippen LogP contribution in [0, 0.1) is 0 Å². The third-order valence-electron chi connectivity index (χ3n) is 3.82. The van der Waals surface area contributed by atoms with Gasteiger partial charge < -0.3 is 14.4 Å². The Bertz CT molecular complexity index is 673. The van der Waals surface area contributed by atoms with E-state index in [2.05, 4.69) is 4.98 Å². The second-order valence-electron chi connectivity index (χ2n) is 5.37. The highest BCUT2D eigenvalue weighted by molar-refractivity contribution is 5.94. The lowest BCUT2D eigenvalue weighted by molar-refractivity contribution is -0.118. The molecule has 2 aromatic rings. The summed E-state index contributed by atoms with van der Waals surface area (Å²) in [4.78, 5) is 18.3. The van der Waals surface area contributed by atoms with Crippen molar-refractivity contribution < 1.29 is 14.3 Å². The number of ether oxygens (including phenoxy) is 2. The van der Waals surface area contributed by atoms with Gasteiger partial charge in [-0.2, -0.15) is 0 Å². The molecule has 5 nitrogen and oxygen atoms in total. The van der Waals surface area contributed by atoms with E-state index in [4.69, 9.17) is 9.47 Å². The van der Waals surface area contributed by atoms with Gasteiger partial charge in [-0.05, 0) is 35.7 Å². The zero-order valence-corrected chi connectivity index (χ0v) is 13.9. The number of rotatable bonds is 6. The van der Waals surface area contributed by atoms with Crippen LogP contribution in [0.1, 0.15) is 24.8 Å². The summed E-state index contributed by atoms with van der Waals surface area (Å²) in [6, 6.07) is 11.4. The monoisotopic (exact) mass is 314 g/mol. The molecule has 1 amide bonds. The van der Waals surface area contributed by atoms with Crippen molar-refractivity contribution in [2.24, 2.45) is 0 Å². The van der Waals surface area contributed by atoms with Crippen molar-refractivity contribution in [2.45, 2.75) is 19.3 Å². The average molecular weight is 314 g/mol. The summed E-state index contributed by atoms with van der Waals surface area (Å²) in [7, 11) is 4.92. The first-order valence-electron chi connectivity index (χ1n) is 7.46. The summed E-state index contributed by atoms with van der Waals surface area (Å²) >= 11 is 0. The molecule has 0 radical (unpaired) electrons. The second-order valence-corrected chi connectivity index (χ2v) is 5.37.